The standard InChI is InChI=1S/C19H16Br4O3/c1-9(2)18(25)26-11-7-5-10(6-8-11)19(3,4)12-13(20)15(22)17(24)16(23)14(12)21/h5-8,24H,1H2,2-4H3. The van der Waals surface area contributed by atoms with E-state index in [0.29, 0.717) is 20.3 Å². The van der Waals surface area contributed by atoms with Gasteiger partial charge in [0.15, 0.2) is 0 Å². The third-order valence-corrected chi connectivity index (χ3v) is 8.19. The fourth-order valence-corrected chi connectivity index (χ4v) is 5.54. The first-order valence-corrected chi connectivity index (χ1v) is 10.7. The van der Waals surface area contributed by atoms with Crippen LogP contribution < -0.4 is 4.74 Å². The van der Waals surface area contributed by atoms with Gasteiger partial charge in [-0.05, 0) is 93.9 Å². The quantitative estimate of drug-likeness (QED) is 0.172. The average molecular weight is 612 g/mol. The number of carbonyl (C=O) groups excluding carboxylic acids is 1. The Morgan fingerprint density at radius 2 is 1.46 bits per heavy atom. The highest BCUT2D eigenvalue weighted by atomic mass is 79.9. The summed E-state index contributed by atoms with van der Waals surface area (Å²) in [5.41, 5.74) is 1.91. The molecule has 7 heteroatoms. The van der Waals surface area contributed by atoms with Crippen LogP contribution in [0.1, 0.15) is 31.9 Å². The highest BCUT2D eigenvalue weighted by Crippen LogP contribution is 2.51. The van der Waals surface area contributed by atoms with Gasteiger partial charge in [-0.15, -0.1) is 0 Å². The lowest BCUT2D eigenvalue weighted by atomic mass is 9.78. The molecule has 0 radical (unpaired) electrons. The second kappa shape index (κ2) is 8.17. The lowest BCUT2D eigenvalue weighted by molar-refractivity contribution is -0.130. The third kappa shape index (κ3) is 4.11. The second-order valence-electron chi connectivity index (χ2n) is 6.30. The van der Waals surface area contributed by atoms with Crippen LogP contribution in [0, 0.1) is 0 Å². The van der Waals surface area contributed by atoms with E-state index in [1.165, 1.54) is 0 Å². The van der Waals surface area contributed by atoms with Crippen molar-refractivity contribution in [1.82, 2.24) is 0 Å². The minimum atomic E-state index is -0.450. The molecule has 2 rings (SSSR count). The molecule has 2 aromatic rings. The van der Waals surface area contributed by atoms with Gasteiger partial charge in [-0.3, -0.25) is 0 Å². The van der Waals surface area contributed by atoms with E-state index in [2.05, 4.69) is 84.1 Å². The van der Waals surface area contributed by atoms with Crippen LogP contribution in [0.2, 0.25) is 0 Å². The number of phenolic OH excluding ortho intramolecular Hbond substituents is 1. The summed E-state index contributed by atoms with van der Waals surface area (Å²) in [6.45, 7) is 9.33. The number of hydrogen-bond acceptors (Lipinski definition) is 3. The van der Waals surface area contributed by atoms with Crippen LogP contribution in [0.5, 0.6) is 11.5 Å². The molecule has 3 nitrogen and oxygen atoms in total. The number of aromatic hydroxyl groups is 1. The molecule has 0 saturated carbocycles. The molecular weight excluding hydrogens is 596 g/mol. The zero-order chi connectivity index (χ0) is 19.8. The molecule has 0 amide bonds. The molecule has 138 valence electrons. The number of phenols is 1. The summed E-state index contributed by atoms with van der Waals surface area (Å²) in [6, 6.07) is 7.33. The van der Waals surface area contributed by atoms with Crippen molar-refractivity contribution in [2.24, 2.45) is 0 Å². The molecule has 0 fully saturated rings. The average Bonchev–Trinajstić information content (AvgIpc) is 2.58. The highest BCUT2D eigenvalue weighted by Gasteiger charge is 2.32. The Balaban J connectivity index is 2.49. The number of benzene rings is 2. The van der Waals surface area contributed by atoms with Gasteiger partial charge in [0.2, 0.25) is 0 Å². The maximum atomic E-state index is 11.6. The van der Waals surface area contributed by atoms with Crippen molar-refractivity contribution in [3.05, 3.63) is 65.4 Å². The van der Waals surface area contributed by atoms with Gasteiger partial charge >= 0.3 is 5.97 Å². The van der Waals surface area contributed by atoms with Crippen LogP contribution >= 0.6 is 63.7 Å². The second-order valence-corrected chi connectivity index (χ2v) is 9.47. The first-order chi connectivity index (χ1) is 12.0. The minimum absolute atomic E-state index is 0.116. The van der Waals surface area contributed by atoms with Crippen molar-refractivity contribution in [3.63, 3.8) is 0 Å². The van der Waals surface area contributed by atoms with Gasteiger partial charge in [0.05, 0.1) is 8.95 Å². The Labute approximate surface area is 186 Å². The highest BCUT2D eigenvalue weighted by molar-refractivity contribution is 9.14. The molecule has 0 saturated heterocycles. The molecule has 0 heterocycles. The molecule has 0 aromatic heterocycles. The molecule has 0 atom stereocenters. The molecule has 0 unspecified atom stereocenters. The van der Waals surface area contributed by atoms with Gasteiger partial charge in [-0.2, -0.15) is 0 Å². The summed E-state index contributed by atoms with van der Waals surface area (Å²) in [5, 5.41) is 10.2. The zero-order valence-corrected chi connectivity index (χ0v) is 20.6. The normalized spacial score (nSPS) is 11.3. The van der Waals surface area contributed by atoms with E-state index < -0.39 is 11.4 Å². The molecule has 0 aliphatic heterocycles. The molecular formula is C19H16Br4O3. The maximum absolute atomic E-state index is 11.6. The molecule has 26 heavy (non-hydrogen) atoms. The predicted octanol–water partition coefficient (Wildman–Crippen LogP) is 7.25. The Bertz CT molecular complexity index is 858. The smallest absolute Gasteiger partial charge is 0.338 e. The molecule has 1 N–H and O–H groups in total. The first kappa shape index (κ1) is 21.7. The van der Waals surface area contributed by atoms with E-state index in [1.54, 1.807) is 19.1 Å². The SMILES string of the molecule is C=C(C)C(=O)Oc1ccc(C(C)(C)c2c(Br)c(Br)c(O)c(Br)c2Br)cc1. The van der Waals surface area contributed by atoms with E-state index in [0.717, 1.165) is 20.1 Å². The van der Waals surface area contributed by atoms with E-state index in [1.807, 2.05) is 12.1 Å². The Morgan fingerprint density at radius 1 is 1.00 bits per heavy atom. The van der Waals surface area contributed by atoms with Gasteiger partial charge in [0.1, 0.15) is 11.5 Å². The van der Waals surface area contributed by atoms with Gasteiger partial charge in [-0.25, -0.2) is 4.79 Å². The number of halogens is 4. The summed E-state index contributed by atoms with van der Waals surface area (Å²) in [6.07, 6.45) is 0. The van der Waals surface area contributed by atoms with Crippen LogP contribution in [-0.4, -0.2) is 11.1 Å². The van der Waals surface area contributed by atoms with Crippen LogP contribution in [-0.2, 0) is 10.2 Å². The molecule has 0 spiro atoms. The predicted molar refractivity (Wildman–Crippen MR) is 118 cm³/mol. The van der Waals surface area contributed by atoms with Gasteiger partial charge in [0.25, 0.3) is 0 Å². The summed E-state index contributed by atoms with van der Waals surface area (Å²) in [7, 11) is 0. The first-order valence-electron chi connectivity index (χ1n) is 7.52. The summed E-state index contributed by atoms with van der Waals surface area (Å²) in [5.74, 6) is 0.128. The van der Waals surface area contributed by atoms with Gasteiger partial charge < -0.3 is 9.84 Å². The number of carbonyl (C=O) groups is 1. The van der Waals surface area contributed by atoms with E-state index in [-0.39, 0.29) is 5.75 Å². The van der Waals surface area contributed by atoms with E-state index >= 15 is 0 Å². The summed E-state index contributed by atoms with van der Waals surface area (Å²) >= 11 is 14.0. The maximum Gasteiger partial charge on any atom is 0.338 e. The van der Waals surface area contributed by atoms with Crippen molar-refractivity contribution in [1.29, 1.82) is 0 Å². The number of rotatable bonds is 4. The van der Waals surface area contributed by atoms with Gasteiger partial charge in [0, 0.05) is 19.9 Å². The fourth-order valence-electron chi connectivity index (χ4n) is 2.45. The minimum Gasteiger partial charge on any atom is -0.505 e. The summed E-state index contributed by atoms with van der Waals surface area (Å²) in [4.78, 5) is 11.6. The summed E-state index contributed by atoms with van der Waals surface area (Å²) < 4.78 is 7.90. The van der Waals surface area contributed by atoms with E-state index in [4.69, 9.17) is 4.74 Å². The Hall–Kier alpha value is -0.630. The van der Waals surface area contributed by atoms with Crippen molar-refractivity contribution in [2.75, 3.05) is 0 Å². The van der Waals surface area contributed by atoms with Crippen molar-refractivity contribution in [2.45, 2.75) is 26.2 Å². The molecule has 0 bridgehead atoms. The monoisotopic (exact) mass is 608 g/mol. The molecule has 0 aliphatic carbocycles. The number of hydrogen-bond donors (Lipinski definition) is 1. The topological polar surface area (TPSA) is 46.5 Å². The Kier molecular flexibility index (Phi) is 6.81. The lowest BCUT2D eigenvalue weighted by Crippen LogP contribution is -2.21. The van der Waals surface area contributed by atoms with Crippen molar-refractivity contribution >= 4 is 69.7 Å². The van der Waals surface area contributed by atoms with E-state index in [9.17, 15) is 9.90 Å². The fraction of sp³-hybridized carbons (Fsp3) is 0.211. The van der Waals surface area contributed by atoms with Gasteiger partial charge in [-0.1, -0.05) is 32.6 Å². The van der Waals surface area contributed by atoms with Crippen LogP contribution in [0.15, 0.2) is 54.3 Å². The molecule has 0 aliphatic rings. The number of esters is 1. The number of ether oxygens (including phenoxy) is 1. The largest absolute Gasteiger partial charge is 0.505 e. The zero-order valence-electron chi connectivity index (χ0n) is 14.3. The third-order valence-electron chi connectivity index (χ3n) is 4.00. The Morgan fingerprint density at radius 3 is 1.88 bits per heavy atom. The van der Waals surface area contributed by atoms with Crippen LogP contribution in [0.25, 0.3) is 0 Å². The van der Waals surface area contributed by atoms with Crippen molar-refractivity contribution < 1.29 is 14.6 Å². The van der Waals surface area contributed by atoms with Crippen LogP contribution in [0.3, 0.4) is 0 Å². The van der Waals surface area contributed by atoms with Crippen molar-refractivity contribution in [3.8, 4) is 11.5 Å². The van der Waals surface area contributed by atoms with Crippen LogP contribution in [0.4, 0.5) is 0 Å². The lowest BCUT2D eigenvalue weighted by Gasteiger charge is -2.30. The molecule has 2 aromatic carbocycles.